The van der Waals surface area contributed by atoms with Crippen LogP contribution in [0, 0.1) is 0 Å². The highest BCUT2D eigenvalue weighted by molar-refractivity contribution is 7.99. The number of hydrogen-bond donors (Lipinski definition) is 0. The van der Waals surface area contributed by atoms with E-state index in [-0.39, 0.29) is 5.97 Å². The van der Waals surface area contributed by atoms with Crippen LogP contribution >= 0.6 is 23.1 Å². The Hall–Kier alpha value is -0.480. The zero-order valence-corrected chi connectivity index (χ0v) is 10.7. The highest BCUT2D eigenvalue weighted by Gasteiger charge is 2.09. The van der Waals surface area contributed by atoms with Gasteiger partial charge in [-0.25, -0.2) is 0 Å². The highest BCUT2D eigenvalue weighted by Crippen LogP contribution is 2.17. The second kappa shape index (κ2) is 6.90. The van der Waals surface area contributed by atoms with Crippen molar-refractivity contribution >= 4 is 29.1 Å². The molecule has 0 aliphatic rings. The molecule has 0 fully saturated rings. The van der Waals surface area contributed by atoms with Gasteiger partial charge in [0.05, 0.1) is 13.5 Å². The molecule has 2 nitrogen and oxygen atoms in total. The van der Waals surface area contributed by atoms with Gasteiger partial charge in [0.15, 0.2) is 0 Å². The van der Waals surface area contributed by atoms with Crippen LogP contribution in [0.1, 0.15) is 18.9 Å². The SMILES string of the molecule is COC(=O)CC(C)SCCc1ccsc1. The van der Waals surface area contributed by atoms with Gasteiger partial charge in [-0.15, -0.1) is 0 Å². The summed E-state index contributed by atoms with van der Waals surface area (Å²) in [5.74, 6) is 0.945. The Kier molecular flexibility index (Phi) is 5.79. The molecule has 1 heterocycles. The number of aryl methyl sites for hydroxylation is 1. The first-order valence-electron chi connectivity index (χ1n) is 4.92. The predicted molar refractivity (Wildman–Crippen MR) is 66.6 cm³/mol. The zero-order valence-electron chi connectivity index (χ0n) is 9.06. The number of carbonyl (C=O) groups excluding carboxylic acids is 1. The second-order valence-electron chi connectivity index (χ2n) is 3.34. The summed E-state index contributed by atoms with van der Waals surface area (Å²) in [7, 11) is 1.44. The third kappa shape index (κ3) is 5.23. The van der Waals surface area contributed by atoms with E-state index in [1.807, 2.05) is 11.8 Å². The standard InChI is InChI=1S/C11H16O2S2/c1-9(7-11(12)13-2)15-6-4-10-3-5-14-8-10/h3,5,8-9H,4,6-7H2,1-2H3. The Morgan fingerprint density at radius 3 is 3.07 bits per heavy atom. The van der Waals surface area contributed by atoms with Crippen molar-refractivity contribution in [3.63, 3.8) is 0 Å². The smallest absolute Gasteiger partial charge is 0.306 e. The summed E-state index contributed by atoms with van der Waals surface area (Å²) >= 11 is 3.55. The van der Waals surface area contributed by atoms with Crippen molar-refractivity contribution in [1.29, 1.82) is 0 Å². The first kappa shape index (κ1) is 12.6. The van der Waals surface area contributed by atoms with Crippen molar-refractivity contribution in [3.05, 3.63) is 22.4 Å². The van der Waals surface area contributed by atoms with E-state index >= 15 is 0 Å². The molecule has 0 saturated heterocycles. The minimum absolute atomic E-state index is 0.120. The molecule has 0 aliphatic heterocycles. The predicted octanol–water partition coefficient (Wildman–Crippen LogP) is 2.98. The van der Waals surface area contributed by atoms with Crippen LogP contribution in [0.3, 0.4) is 0 Å². The van der Waals surface area contributed by atoms with Crippen LogP contribution in [0.15, 0.2) is 16.8 Å². The maximum Gasteiger partial charge on any atom is 0.306 e. The number of thiophene rings is 1. The normalized spacial score (nSPS) is 12.4. The molecule has 0 amide bonds. The minimum atomic E-state index is -0.120. The van der Waals surface area contributed by atoms with E-state index < -0.39 is 0 Å². The quantitative estimate of drug-likeness (QED) is 0.720. The number of rotatable bonds is 6. The molecule has 0 aromatic carbocycles. The van der Waals surface area contributed by atoms with Gasteiger partial charge in [0, 0.05) is 5.25 Å². The van der Waals surface area contributed by atoms with E-state index in [0.717, 1.165) is 12.2 Å². The molecule has 15 heavy (non-hydrogen) atoms. The summed E-state index contributed by atoms with van der Waals surface area (Å²) in [4.78, 5) is 11.0. The average molecular weight is 244 g/mol. The largest absolute Gasteiger partial charge is 0.469 e. The van der Waals surface area contributed by atoms with Crippen molar-refractivity contribution < 1.29 is 9.53 Å². The van der Waals surface area contributed by atoms with Gasteiger partial charge in [0.1, 0.15) is 0 Å². The Balaban J connectivity index is 2.12. The molecule has 1 aromatic rings. The summed E-state index contributed by atoms with van der Waals surface area (Å²) in [6, 6.07) is 2.15. The van der Waals surface area contributed by atoms with E-state index in [4.69, 9.17) is 0 Å². The number of esters is 1. The lowest BCUT2D eigenvalue weighted by Crippen LogP contribution is -2.09. The van der Waals surface area contributed by atoms with Gasteiger partial charge in [-0.05, 0) is 34.6 Å². The Bertz CT molecular complexity index is 283. The van der Waals surface area contributed by atoms with Gasteiger partial charge in [0.2, 0.25) is 0 Å². The van der Waals surface area contributed by atoms with Crippen LogP contribution in [0.5, 0.6) is 0 Å². The topological polar surface area (TPSA) is 26.3 Å². The van der Waals surface area contributed by atoms with Crippen LogP contribution < -0.4 is 0 Å². The third-order valence-electron chi connectivity index (χ3n) is 2.06. The van der Waals surface area contributed by atoms with Crippen molar-refractivity contribution in [1.82, 2.24) is 0 Å². The van der Waals surface area contributed by atoms with Crippen LogP contribution in [0.25, 0.3) is 0 Å². The van der Waals surface area contributed by atoms with Crippen LogP contribution in [0.4, 0.5) is 0 Å². The molecule has 1 atom stereocenters. The molecule has 0 spiro atoms. The molecule has 84 valence electrons. The fourth-order valence-electron chi connectivity index (χ4n) is 1.19. The van der Waals surface area contributed by atoms with Crippen LogP contribution in [-0.2, 0) is 16.0 Å². The Morgan fingerprint density at radius 2 is 2.47 bits per heavy atom. The van der Waals surface area contributed by atoms with Crippen LogP contribution in [0.2, 0.25) is 0 Å². The van der Waals surface area contributed by atoms with Crippen molar-refractivity contribution in [2.24, 2.45) is 0 Å². The first-order valence-corrected chi connectivity index (χ1v) is 6.91. The van der Waals surface area contributed by atoms with Crippen molar-refractivity contribution in [3.8, 4) is 0 Å². The molecule has 0 radical (unpaired) electrons. The third-order valence-corrected chi connectivity index (χ3v) is 3.96. The van der Waals surface area contributed by atoms with E-state index in [2.05, 4.69) is 28.5 Å². The molecule has 0 saturated carbocycles. The Morgan fingerprint density at radius 1 is 1.67 bits per heavy atom. The summed E-state index contributed by atoms with van der Waals surface area (Å²) in [6.45, 7) is 2.06. The molecule has 1 aromatic heterocycles. The molecule has 0 N–H and O–H groups in total. The number of ether oxygens (including phenoxy) is 1. The van der Waals surface area contributed by atoms with Gasteiger partial charge >= 0.3 is 5.97 Å². The molecule has 1 unspecified atom stereocenters. The monoisotopic (exact) mass is 244 g/mol. The van der Waals surface area contributed by atoms with E-state index in [1.165, 1.54) is 12.7 Å². The van der Waals surface area contributed by atoms with Crippen molar-refractivity contribution in [2.75, 3.05) is 12.9 Å². The van der Waals surface area contributed by atoms with Crippen molar-refractivity contribution in [2.45, 2.75) is 25.0 Å². The van der Waals surface area contributed by atoms with Gasteiger partial charge in [-0.3, -0.25) is 4.79 Å². The summed E-state index contributed by atoms with van der Waals surface area (Å²) < 4.78 is 4.62. The summed E-state index contributed by atoms with van der Waals surface area (Å²) in [5.41, 5.74) is 1.39. The Labute approximate surface area is 99.0 Å². The molecular formula is C11H16O2S2. The van der Waals surface area contributed by atoms with Gasteiger partial charge in [-0.2, -0.15) is 23.1 Å². The zero-order chi connectivity index (χ0) is 11.1. The number of methoxy groups -OCH3 is 1. The highest BCUT2D eigenvalue weighted by atomic mass is 32.2. The molecular weight excluding hydrogens is 228 g/mol. The minimum Gasteiger partial charge on any atom is -0.469 e. The molecule has 4 heteroatoms. The molecule has 1 rings (SSSR count). The van der Waals surface area contributed by atoms with E-state index in [0.29, 0.717) is 11.7 Å². The maximum absolute atomic E-state index is 11.0. The fraction of sp³-hybridized carbons (Fsp3) is 0.545. The van der Waals surface area contributed by atoms with E-state index in [9.17, 15) is 4.79 Å². The van der Waals surface area contributed by atoms with Gasteiger partial charge < -0.3 is 4.74 Å². The number of thioether (sulfide) groups is 1. The number of carbonyl (C=O) groups is 1. The molecule has 0 aliphatic carbocycles. The maximum atomic E-state index is 11.0. The fourth-order valence-corrected chi connectivity index (χ4v) is 2.90. The first-order chi connectivity index (χ1) is 7.22. The van der Waals surface area contributed by atoms with Gasteiger partial charge in [-0.1, -0.05) is 6.92 Å². The molecule has 0 bridgehead atoms. The lowest BCUT2D eigenvalue weighted by molar-refractivity contribution is -0.140. The summed E-state index contributed by atoms with van der Waals surface area (Å²) in [6.07, 6.45) is 1.59. The second-order valence-corrected chi connectivity index (χ2v) is 5.67. The lowest BCUT2D eigenvalue weighted by Gasteiger charge is -2.08. The van der Waals surface area contributed by atoms with Crippen LogP contribution in [-0.4, -0.2) is 24.1 Å². The average Bonchev–Trinajstić information content (AvgIpc) is 2.70. The number of hydrogen-bond acceptors (Lipinski definition) is 4. The lowest BCUT2D eigenvalue weighted by atomic mass is 10.3. The van der Waals surface area contributed by atoms with Gasteiger partial charge in [0.25, 0.3) is 0 Å². The summed E-state index contributed by atoms with van der Waals surface area (Å²) in [5, 5.41) is 4.61. The van der Waals surface area contributed by atoms with E-state index in [1.54, 1.807) is 11.3 Å².